The molecule has 0 aromatic carbocycles. The molecule has 1 rings (SSSR count). The van der Waals surface area contributed by atoms with Gasteiger partial charge in [-0.15, -0.1) is 0 Å². The molecule has 0 amide bonds. The van der Waals surface area contributed by atoms with Gasteiger partial charge in [0.05, 0.1) is 0 Å². The zero-order valence-electron chi connectivity index (χ0n) is 12.1. The van der Waals surface area contributed by atoms with Crippen LogP contribution in [-0.4, -0.2) is 23.8 Å². The second kappa shape index (κ2) is 6.75. The van der Waals surface area contributed by atoms with Gasteiger partial charge >= 0.3 is 0 Å². The first-order valence-electron chi connectivity index (χ1n) is 7.31. The number of aliphatic hydroxyl groups excluding tert-OH is 1. The molecule has 0 radical (unpaired) electrons. The van der Waals surface area contributed by atoms with Crippen LogP contribution in [0.5, 0.6) is 0 Å². The fourth-order valence-corrected chi connectivity index (χ4v) is 2.88. The van der Waals surface area contributed by atoms with Gasteiger partial charge in [-0.05, 0) is 43.4 Å². The Morgan fingerprint density at radius 3 is 2.53 bits per heavy atom. The lowest BCUT2D eigenvalue weighted by Gasteiger charge is -2.28. The third kappa shape index (κ3) is 5.39. The molecule has 2 atom stereocenters. The summed E-state index contributed by atoms with van der Waals surface area (Å²) in [6.07, 6.45) is 7.51. The topological polar surface area (TPSA) is 32.3 Å². The Hall–Kier alpha value is -0.0800. The average molecular weight is 241 g/mol. The summed E-state index contributed by atoms with van der Waals surface area (Å²) in [6, 6.07) is 1.14. The van der Waals surface area contributed by atoms with Gasteiger partial charge in [0.25, 0.3) is 0 Å². The highest BCUT2D eigenvalue weighted by molar-refractivity contribution is 4.82. The summed E-state index contributed by atoms with van der Waals surface area (Å²) in [5, 5.41) is 12.9. The van der Waals surface area contributed by atoms with Gasteiger partial charge in [0.1, 0.15) is 0 Å². The Kier molecular flexibility index (Phi) is 5.94. The molecule has 0 aromatic heterocycles. The predicted octanol–water partition coefficient (Wildman–Crippen LogP) is 3.34. The van der Waals surface area contributed by atoms with Crippen molar-refractivity contribution in [1.29, 1.82) is 0 Å². The molecule has 0 aromatic rings. The van der Waals surface area contributed by atoms with E-state index in [9.17, 15) is 0 Å². The van der Waals surface area contributed by atoms with Gasteiger partial charge in [-0.25, -0.2) is 0 Å². The highest BCUT2D eigenvalue weighted by Gasteiger charge is 2.26. The van der Waals surface area contributed by atoms with Crippen molar-refractivity contribution in [2.24, 2.45) is 11.3 Å². The van der Waals surface area contributed by atoms with E-state index in [-0.39, 0.29) is 0 Å². The molecule has 0 bridgehead atoms. The van der Waals surface area contributed by atoms with E-state index in [2.05, 4.69) is 33.0 Å². The first-order chi connectivity index (χ1) is 7.94. The van der Waals surface area contributed by atoms with Gasteiger partial charge in [-0.3, -0.25) is 0 Å². The van der Waals surface area contributed by atoms with E-state index in [0.717, 1.165) is 6.42 Å². The van der Waals surface area contributed by atoms with Crippen molar-refractivity contribution in [2.45, 2.75) is 78.3 Å². The fraction of sp³-hybridized carbons (Fsp3) is 1.00. The third-order valence-electron chi connectivity index (χ3n) is 4.27. The van der Waals surface area contributed by atoms with Crippen LogP contribution in [0.4, 0.5) is 0 Å². The normalized spacial score (nSPS) is 26.8. The minimum absolute atomic E-state index is 0.300. The highest BCUT2D eigenvalue weighted by atomic mass is 16.3. The third-order valence-corrected chi connectivity index (χ3v) is 4.27. The smallest absolute Gasteiger partial charge is 0.0445 e. The largest absolute Gasteiger partial charge is 0.396 e. The summed E-state index contributed by atoms with van der Waals surface area (Å²) < 4.78 is 0. The molecule has 2 N–H and O–H groups in total. The second-order valence-electron chi connectivity index (χ2n) is 6.82. The maximum Gasteiger partial charge on any atom is 0.0445 e. The van der Waals surface area contributed by atoms with Gasteiger partial charge in [0.15, 0.2) is 0 Å². The van der Waals surface area contributed by atoms with E-state index < -0.39 is 0 Å². The Labute approximate surface area is 107 Å². The van der Waals surface area contributed by atoms with E-state index in [1.807, 2.05) is 0 Å². The van der Waals surface area contributed by atoms with Crippen LogP contribution in [0.25, 0.3) is 0 Å². The summed E-state index contributed by atoms with van der Waals surface area (Å²) in [7, 11) is 0. The molecule has 17 heavy (non-hydrogen) atoms. The van der Waals surface area contributed by atoms with E-state index in [4.69, 9.17) is 5.11 Å². The molecule has 1 aliphatic rings. The van der Waals surface area contributed by atoms with E-state index in [1.165, 1.54) is 32.1 Å². The first-order valence-corrected chi connectivity index (χ1v) is 7.31. The lowest BCUT2D eigenvalue weighted by atomic mass is 9.85. The molecule has 102 valence electrons. The standard InChI is InChI=1S/C15H31NO/c1-12(2)14(8-11-17)16-13-6-5-9-15(3,4)10-7-13/h12-14,16-17H,5-11H2,1-4H3. The molecule has 1 aliphatic carbocycles. The Morgan fingerprint density at radius 2 is 1.94 bits per heavy atom. The Morgan fingerprint density at radius 1 is 1.24 bits per heavy atom. The van der Waals surface area contributed by atoms with Crippen LogP contribution in [0.1, 0.15) is 66.2 Å². The summed E-state index contributed by atoms with van der Waals surface area (Å²) >= 11 is 0. The van der Waals surface area contributed by atoms with E-state index >= 15 is 0 Å². The van der Waals surface area contributed by atoms with Crippen molar-refractivity contribution in [1.82, 2.24) is 5.32 Å². The second-order valence-corrected chi connectivity index (χ2v) is 6.82. The van der Waals surface area contributed by atoms with Gasteiger partial charge in [-0.2, -0.15) is 0 Å². The van der Waals surface area contributed by atoms with E-state index in [1.54, 1.807) is 0 Å². The quantitative estimate of drug-likeness (QED) is 0.724. The number of rotatable bonds is 5. The van der Waals surface area contributed by atoms with Crippen LogP contribution in [-0.2, 0) is 0 Å². The summed E-state index contributed by atoms with van der Waals surface area (Å²) in [4.78, 5) is 0. The van der Waals surface area contributed by atoms with Crippen molar-refractivity contribution in [2.75, 3.05) is 6.61 Å². The molecule has 2 nitrogen and oxygen atoms in total. The zero-order valence-corrected chi connectivity index (χ0v) is 12.1. The van der Waals surface area contributed by atoms with Gasteiger partial charge in [0, 0.05) is 18.7 Å². The summed E-state index contributed by atoms with van der Waals surface area (Å²) in [5.41, 5.74) is 0.529. The first kappa shape index (κ1) is 15.0. The maximum absolute atomic E-state index is 9.11. The molecule has 0 saturated heterocycles. The Balaban J connectivity index is 2.44. The summed E-state index contributed by atoms with van der Waals surface area (Å²) in [6.45, 7) is 9.57. The van der Waals surface area contributed by atoms with Crippen LogP contribution >= 0.6 is 0 Å². The van der Waals surface area contributed by atoms with Crippen LogP contribution in [0.15, 0.2) is 0 Å². The average Bonchev–Trinajstić information content (AvgIpc) is 2.39. The lowest BCUT2D eigenvalue weighted by Crippen LogP contribution is -2.41. The molecule has 0 aliphatic heterocycles. The van der Waals surface area contributed by atoms with Crippen LogP contribution < -0.4 is 5.32 Å². The monoisotopic (exact) mass is 241 g/mol. The minimum atomic E-state index is 0.300. The van der Waals surface area contributed by atoms with Crippen LogP contribution in [0.3, 0.4) is 0 Å². The van der Waals surface area contributed by atoms with Crippen LogP contribution in [0, 0.1) is 11.3 Å². The van der Waals surface area contributed by atoms with Crippen molar-refractivity contribution >= 4 is 0 Å². The number of aliphatic hydroxyl groups is 1. The van der Waals surface area contributed by atoms with Gasteiger partial charge in [0.2, 0.25) is 0 Å². The summed E-state index contributed by atoms with van der Waals surface area (Å²) in [5.74, 6) is 0.610. The molecular weight excluding hydrogens is 210 g/mol. The SMILES string of the molecule is CC(C)C(CCO)NC1CCCC(C)(C)CC1. The fourth-order valence-electron chi connectivity index (χ4n) is 2.88. The number of hydrogen-bond donors (Lipinski definition) is 2. The van der Waals surface area contributed by atoms with Crippen LogP contribution in [0.2, 0.25) is 0 Å². The van der Waals surface area contributed by atoms with Gasteiger partial charge < -0.3 is 10.4 Å². The van der Waals surface area contributed by atoms with Crippen molar-refractivity contribution in [3.63, 3.8) is 0 Å². The number of hydrogen-bond acceptors (Lipinski definition) is 2. The zero-order chi connectivity index (χ0) is 12.9. The molecule has 2 heteroatoms. The predicted molar refractivity (Wildman–Crippen MR) is 74.1 cm³/mol. The molecule has 0 heterocycles. The van der Waals surface area contributed by atoms with Crippen molar-refractivity contribution in [3.8, 4) is 0 Å². The molecule has 2 unspecified atom stereocenters. The Bertz CT molecular complexity index is 213. The molecule has 0 spiro atoms. The van der Waals surface area contributed by atoms with Crippen molar-refractivity contribution < 1.29 is 5.11 Å². The van der Waals surface area contributed by atoms with Gasteiger partial charge in [-0.1, -0.05) is 34.1 Å². The highest BCUT2D eigenvalue weighted by Crippen LogP contribution is 2.34. The van der Waals surface area contributed by atoms with E-state index in [0.29, 0.717) is 30.0 Å². The molecule has 1 fully saturated rings. The van der Waals surface area contributed by atoms with Crippen molar-refractivity contribution in [3.05, 3.63) is 0 Å². The molecular formula is C15H31NO. The maximum atomic E-state index is 9.11. The minimum Gasteiger partial charge on any atom is -0.396 e. The lowest BCUT2D eigenvalue weighted by molar-refractivity contribution is 0.228. The molecule has 1 saturated carbocycles. The number of nitrogens with one attached hydrogen (secondary N) is 1.